The van der Waals surface area contributed by atoms with Crippen molar-refractivity contribution in [1.82, 2.24) is 4.90 Å². The van der Waals surface area contributed by atoms with Gasteiger partial charge in [0.25, 0.3) is 10.0 Å². The molecule has 5 nitrogen and oxygen atoms in total. The third kappa shape index (κ3) is 6.18. The van der Waals surface area contributed by atoms with Crippen molar-refractivity contribution in [3.8, 4) is 11.5 Å². The minimum atomic E-state index is -3.88. The first-order valence-corrected chi connectivity index (χ1v) is 14.3. The normalized spacial score (nSPS) is 14.8. The molecule has 196 valence electrons. The van der Waals surface area contributed by atoms with Gasteiger partial charge in [-0.05, 0) is 91.2 Å². The first-order chi connectivity index (χ1) is 18.4. The van der Waals surface area contributed by atoms with Gasteiger partial charge >= 0.3 is 0 Å². The molecule has 0 atom stereocenters. The van der Waals surface area contributed by atoms with Crippen LogP contribution >= 0.6 is 11.6 Å². The van der Waals surface area contributed by atoms with Crippen LogP contribution in [0.1, 0.15) is 18.4 Å². The summed E-state index contributed by atoms with van der Waals surface area (Å²) in [4.78, 5) is 2.47. The van der Waals surface area contributed by atoms with Gasteiger partial charge in [-0.15, -0.1) is 0 Å². The number of nitrogens with zero attached hydrogens (tertiary/aromatic N) is 2. The Balaban J connectivity index is 1.30. The van der Waals surface area contributed by atoms with Crippen molar-refractivity contribution in [2.75, 3.05) is 17.4 Å². The Labute approximate surface area is 228 Å². The minimum absolute atomic E-state index is 0.156. The molecule has 4 aromatic carbocycles. The van der Waals surface area contributed by atoms with Crippen LogP contribution in [0.5, 0.6) is 11.5 Å². The van der Waals surface area contributed by atoms with E-state index in [1.54, 1.807) is 12.1 Å². The number of hydrogen-bond acceptors (Lipinski definition) is 4. The van der Waals surface area contributed by atoms with Crippen LogP contribution in [-0.4, -0.2) is 32.4 Å². The highest BCUT2D eigenvalue weighted by atomic mass is 35.5. The summed E-state index contributed by atoms with van der Waals surface area (Å²) in [5, 5.41) is 0.462. The van der Waals surface area contributed by atoms with Crippen molar-refractivity contribution in [3.05, 3.63) is 120 Å². The van der Waals surface area contributed by atoms with E-state index < -0.39 is 15.8 Å². The largest absolute Gasteiger partial charge is 0.457 e. The Hall–Kier alpha value is -3.39. The van der Waals surface area contributed by atoms with Gasteiger partial charge in [-0.1, -0.05) is 41.9 Å². The van der Waals surface area contributed by atoms with Crippen LogP contribution in [0.25, 0.3) is 0 Å². The lowest BCUT2D eigenvalue weighted by Crippen LogP contribution is -2.47. The molecule has 1 heterocycles. The molecule has 38 heavy (non-hydrogen) atoms. The second kappa shape index (κ2) is 11.6. The molecule has 0 saturated carbocycles. The van der Waals surface area contributed by atoms with Gasteiger partial charge in [-0.3, -0.25) is 9.21 Å². The predicted octanol–water partition coefficient (Wildman–Crippen LogP) is 7.13. The van der Waals surface area contributed by atoms with E-state index in [4.69, 9.17) is 16.3 Å². The Morgan fingerprint density at radius 3 is 2.18 bits per heavy atom. The number of hydrogen-bond donors (Lipinski definition) is 0. The summed E-state index contributed by atoms with van der Waals surface area (Å²) in [7, 11) is -3.88. The molecule has 1 aliphatic heterocycles. The molecule has 0 aromatic heterocycles. The number of sulfonamides is 1. The number of likely N-dealkylation sites (tertiary alicyclic amines) is 1. The lowest BCUT2D eigenvalue weighted by atomic mass is 10.0. The summed E-state index contributed by atoms with van der Waals surface area (Å²) in [6.45, 7) is 2.18. The zero-order valence-electron chi connectivity index (χ0n) is 20.7. The van der Waals surface area contributed by atoms with E-state index in [0.29, 0.717) is 23.6 Å². The SMILES string of the molecule is O=S(=O)(c1ccc(Cl)cc1)N(c1ccc(F)cc1)C1CCN(Cc2cccc(Oc3ccccc3)c2)CC1. The first-order valence-electron chi connectivity index (χ1n) is 12.5. The summed E-state index contributed by atoms with van der Waals surface area (Å²) >= 11 is 5.99. The fourth-order valence-electron chi connectivity index (χ4n) is 4.76. The third-order valence-corrected chi connectivity index (χ3v) is 8.77. The van der Waals surface area contributed by atoms with Gasteiger partial charge in [0.05, 0.1) is 10.6 Å². The molecule has 4 aromatic rings. The average Bonchev–Trinajstić information content (AvgIpc) is 2.92. The molecule has 0 bridgehead atoms. The maximum absolute atomic E-state index is 13.7. The van der Waals surface area contributed by atoms with Crippen LogP contribution in [0.15, 0.2) is 108 Å². The van der Waals surface area contributed by atoms with Crippen molar-refractivity contribution in [2.45, 2.75) is 30.3 Å². The van der Waals surface area contributed by atoms with Gasteiger partial charge in [0.2, 0.25) is 0 Å². The molecule has 0 N–H and O–H groups in total. The van der Waals surface area contributed by atoms with Crippen molar-refractivity contribution in [3.63, 3.8) is 0 Å². The molecular weight excluding hydrogens is 523 g/mol. The van der Waals surface area contributed by atoms with E-state index >= 15 is 0 Å². The summed E-state index contributed by atoms with van der Waals surface area (Å²) in [6.07, 6.45) is 1.29. The minimum Gasteiger partial charge on any atom is -0.457 e. The Morgan fingerprint density at radius 2 is 1.50 bits per heavy atom. The molecule has 8 heteroatoms. The number of rotatable bonds is 8. The number of para-hydroxylation sites is 1. The molecule has 0 spiro atoms. The van der Waals surface area contributed by atoms with Crippen molar-refractivity contribution < 1.29 is 17.5 Å². The summed E-state index contributed by atoms with van der Waals surface area (Å²) in [6, 6.07) is 29.2. The van der Waals surface area contributed by atoms with Gasteiger partial charge in [-0.25, -0.2) is 12.8 Å². The third-order valence-electron chi connectivity index (χ3n) is 6.62. The molecular formula is C30H28ClFN2O3S. The summed E-state index contributed by atoms with van der Waals surface area (Å²) < 4.78 is 48.6. The van der Waals surface area contributed by atoms with E-state index in [-0.39, 0.29) is 10.9 Å². The second-order valence-corrected chi connectivity index (χ2v) is 11.6. The van der Waals surface area contributed by atoms with Crippen molar-refractivity contribution in [2.24, 2.45) is 0 Å². The molecule has 1 saturated heterocycles. The Kier molecular flexibility index (Phi) is 7.98. The summed E-state index contributed by atoms with van der Waals surface area (Å²) in [5.41, 5.74) is 1.58. The van der Waals surface area contributed by atoms with Gasteiger partial charge in [0.1, 0.15) is 17.3 Å². The van der Waals surface area contributed by atoms with E-state index in [1.165, 1.54) is 40.7 Å². The van der Waals surface area contributed by atoms with E-state index in [2.05, 4.69) is 11.0 Å². The van der Waals surface area contributed by atoms with Crippen molar-refractivity contribution in [1.29, 1.82) is 0 Å². The van der Waals surface area contributed by atoms with Crippen LogP contribution in [0, 0.1) is 5.82 Å². The van der Waals surface area contributed by atoms with Gasteiger partial charge in [-0.2, -0.15) is 0 Å². The monoisotopic (exact) mass is 550 g/mol. The smallest absolute Gasteiger partial charge is 0.264 e. The maximum Gasteiger partial charge on any atom is 0.264 e. The number of ether oxygens (including phenoxy) is 1. The molecule has 1 aliphatic rings. The maximum atomic E-state index is 13.7. The Morgan fingerprint density at radius 1 is 0.842 bits per heavy atom. The number of anilines is 1. The van der Waals surface area contributed by atoms with E-state index in [9.17, 15) is 12.8 Å². The lowest BCUT2D eigenvalue weighted by molar-refractivity contribution is 0.206. The Bertz CT molecular complexity index is 1460. The van der Waals surface area contributed by atoms with Crippen LogP contribution in [0.2, 0.25) is 5.02 Å². The highest BCUT2D eigenvalue weighted by molar-refractivity contribution is 7.92. The van der Waals surface area contributed by atoms with Crippen LogP contribution in [-0.2, 0) is 16.6 Å². The van der Waals surface area contributed by atoms with Crippen LogP contribution in [0.4, 0.5) is 10.1 Å². The molecule has 5 rings (SSSR count). The second-order valence-electron chi connectivity index (χ2n) is 9.30. The van der Waals surface area contributed by atoms with Gasteiger partial charge < -0.3 is 4.74 Å². The molecule has 1 fully saturated rings. The van der Waals surface area contributed by atoms with Gasteiger partial charge in [0, 0.05) is 30.7 Å². The predicted molar refractivity (Wildman–Crippen MR) is 149 cm³/mol. The zero-order chi connectivity index (χ0) is 26.5. The standard InChI is InChI=1S/C30H28ClFN2O3S/c31-24-9-15-30(16-10-24)38(35,36)34(26-13-11-25(32)12-14-26)27-17-19-33(20-18-27)22-23-5-4-8-29(21-23)37-28-6-2-1-3-7-28/h1-16,21,27H,17-20,22H2. The van der Waals surface area contributed by atoms with E-state index in [0.717, 1.165) is 36.7 Å². The molecule has 0 amide bonds. The lowest BCUT2D eigenvalue weighted by Gasteiger charge is -2.39. The van der Waals surface area contributed by atoms with Crippen LogP contribution in [0.3, 0.4) is 0 Å². The van der Waals surface area contributed by atoms with Gasteiger partial charge in [0.15, 0.2) is 0 Å². The zero-order valence-corrected chi connectivity index (χ0v) is 22.3. The number of piperidine rings is 1. The van der Waals surface area contributed by atoms with E-state index in [1.807, 2.05) is 48.5 Å². The highest BCUT2D eigenvalue weighted by Crippen LogP contribution is 2.32. The fraction of sp³-hybridized carbons (Fsp3) is 0.200. The topological polar surface area (TPSA) is 49.9 Å². The van der Waals surface area contributed by atoms with Crippen molar-refractivity contribution >= 4 is 27.3 Å². The van der Waals surface area contributed by atoms with Crippen LogP contribution < -0.4 is 9.04 Å². The fourth-order valence-corrected chi connectivity index (χ4v) is 6.59. The summed E-state index contributed by atoms with van der Waals surface area (Å²) in [5.74, 6) is 1.15. The number of halogens is 2. The quantitative estimate of drug-likeness (QED) is 0.234. The first kappa shape index (κ1) is 26.2. The molecule has 0 radical (unpaired) electrons. The molecule has 0 unspecified atom stereocenters. The molecule has 0 aliphatic carbocycles. The highest BCUT2D eigenvalue weighted by Gasteiger charge is 2.34. The number of benzene rings is 4. The average molecular weight is 551 g/mol.